The van der Waals surface area contributed by atoms with E-state index >= 15 is 0 Å². The molecule has 1 aliphatic rings. The number of halogens is 1. The summed E-state index contributed by atoms with van der Waals surface area (Å²) in [5, 5.41) is 3.06. The van der Waals surface area contributed by atoms with Gasteiger partial charge in [0, 0.05) is 6.54 Å². The topological polar surface area (TPSA) is 54.9 Å². The number of carbonyl (C=O) groups excluding carboxylic acids is 1. The van der Waals surface area contributed by atoms with Crippen molar-refractivity contribution in [3.63, 3.8) is 0 Å². The van der Waals surface area contributed by atoms with Crippen molar-refractivity contribution in [2.75, 3.05) is 6.54 Å². The quantitative estimate of drug-likeness (QED) is 0.849. The van der Waals surface area contributed by atoms with Gasteiger partial charge in [0.2, 0.25) is 0 Å². The van der Waals surface area contributed by atoms with Gasteiger partial charge in [0.15, 0.2) is 0 Å². The van der Waals surface area contributed by atoms with Gasteiger partial charge in [-0.2, -0.15) is 0 Å². The highest BCUT2D eigenvalue weighted by molar-refractivity contribution is 6.29. The van der Waals surface area contributed by atoms with E-state index in [9.17, 15) is 4.79 Å². The maximum absolute atomic E-state index is 11.6. The Morgan fingerprint density at radius 1 is 1.67 bits per heavy atom. The van der Waals surface area contributed by atoms with E-state index in [0.29, 0.717) is 12.5 Å². The van der Waals surface area contributed by atoms with E-state index in [-0.39, 0.29) is 16.8 Å². The Morgan fingerprint density at radius 2 is 2.40 bits per heavy atom. The van der Waals surface area contributed by atoms with Crippen LogP contribution in [-0.2, 0) is 0 Å². The average Bonchev–Trinajstić information content (AvgIpc) is 2.91. The second-order valence-corrected chi connectivity index (χ2v) is 4.30. The molecule has 1 aromatic heterocycles. The molecule has 80 valence electrons. The molecule has 0 saturated heterocycles. The van der Waals surface area contributed by atoms with Crippen LogP contribution >= 0.6 is 11.6 Å². The Kier molecular flexibility index (Phi) is 2.86. The SMILES string of the molecule is CC1CC1CNC(=O)c1cncc(Cl)n1. The smallest absolute Gasteiger partial charge is 0.271 e. The zero-order valence-electron chi connectivity index (χ0n) is 8.40. The van der Waals surface area contributed by atoms with Crippen LogP contribution in [0.3, 0.4) is 0 Å². The largest absolute Gasteiger partial charge is 0.350 e. The first-order valence-electron chi connectivity index (χ1n) is 4.92. The van der Waals surface area contributed by atoms with Crippen LogP contribution in [0.25, 0.3) is 0 Å². The number of amides is 1. The molecule has 15 heavy (non-hydrogen) atoms. The summed E-state index contributed by atoms with van der Waals surface area (Å²) >= 11 is 5.63. The molecule has 0 bridgehead atoms. The van der Waals surface area contributed by atoms with Crippen LogP contribution in [0.15, 0.2) is 12.4 Å². The third-order valence-corrected chi connectivity index (χ3v) is 2.82. The molecule has 2 atom stereocenters. The lowest BCUT2D eigenvalue weighted by molar-refractivity contribution is 0.0946. The van der Waals surface area contributed by atoms with E-state index in [1.807, 2.05) is 0 Å². The molecule has 4 nitrogen and oxygen atoms in total. The van der Waals surface area contributed by atoms with Crippen molar-refractivity contribution < 1.29 is 4.79 Å². The summed E-state index contributed by atoms with van der Waals surface area (Å²) in [6.45, 7) is 2.89. The van der Waals surface area contributed by atoms with Gasteiger partial charge < -0.3 is 5.32 Å². The maximum atomic E-state index is 11.6. The fourth-order valence-corrected chi connectivity index (χ4v) is 1.60. The van der Waals surface area contributed by atoms with Gasteiger partial charge in [-0.3, -0.25) is 9.78 Å². The molecule has 2 unspecified atom stereocenters. The number of rotatable bonds is 3. The zero-order valence-corrected chi connectivity index (χ0v) is 9.16. The molecule has 1 heterocycles. The Morgan fingerprint density at radius 3 is 3.00 bits per heavy atom. The Balaban J connectivity index is 1.90. The Bertz CT molecular complexity index is 383. The van der Waals surface area contributed by atoms with Crippen LogP contribution in [0, 0.1) is 11.8 Å². The third kappa shape index (κ3) is 2.65. The monoisotopic (exact) mass is 225 g/mol. The number of nitrogens with one attached hydrogen (secondary N) is 1. The molecule has 1 N–H and O–H groups in total. The highest BCUT2D eigenvalue weighted by Crippen LogP contribution is 2.36. The number of hydrogen-bond acceptors (Lipinski definition) is 3. The van der Waals surface area contributed by atoms with Gasteiger partial charge in [0.1, 0.15) is 10.8 Å². The summed E-state index contributed by atoms with van der Waals surface area (Å²) in [6, 6.07) is 0. The lowest BCUT2D eigenvalue weighted by Gasteiger charge is -2.03. The van der Waals surface area contributed by atoms with Crippen LogP contribution in [0.2, 0.25) is 5.15 Å². The summed E-state index contributed by atoms with van der Waals surface area (Å²) < 4.78 is 0. The minimum Gasteiger partial charge on any atom is -0.350 e. The minimum absolute atomic E-state index is 0.205. The van der Waals surface area contributed by atoms with Crippen molar-refractivity contribution in [2.45, 2.75) is 13.3 Å². The van der Waals surface area contributed by atoms with Gasteiger partial charge in [-0.25, -0.2) is 4.98 Å². The molecule has 1 aromatic rings. The first-order valence-corrected chi connectivity index (χ1v) is 5.30. The van der Waals surface area contributed by atoms with Crippen molar-refractivity contribution in [3.05, 3.63) is 23.2 Å². The Hall–Kier alpha value is -1.16. The van der Waals surface area contributed by atoms with Crippen LogP contribution in [0.4, 0.5) is 0 Å². The van der Waals surface area contributed by atoms with Crippen LogP contribution in [-0.4, -0.2) is 22.4 Å². The van der Waals surface area contributed by atoms with Gasteiger partial charge in [0.05, 0.1) is 12.4 Å². The van der Waals surface area contributed by atoms with E-state index in [1.165, 1.54) is 18.8 Å². The van der Waals surface area contributed by atoms with Gasteiger partial charge in [-0.05, 0) is 18.3 Å². The third-order valence-electron chi connectivity index (χ3n) is 2.64. The van der Waals surface area contributed by atoms with E-state index in [1.54, 1.807) is 0 Å². The second kappa shape index (κ2) is 4.14. The summed E-state index contributed by atoms with van der Waals surface area (Å²) in [7, 11) is 0. The first-order chi connectivity index (χ1) is 7.16. The first kappa shape index (κ1) is 10.4. The highest BCUT2D eigenvalue weighted by Gasteiger charge is 2.32. The Labute approximate surface area is 93.1 Å². The van der Waals surface area contributed by atoms with Crippen molar-refractivity contribution in [3.8, 4) is 0 Å². The second-order valence-electron chi connectivity index (χ2n) is 3.91. The molecular formula is C10H12ClN3O. The van der Waals surface area contributed by atoms with E-state index < -0.39 is 0 Å². The van der Waals surface area contributed by atoms with Gasteiger partial charge >= 0.3 is 0 Å². The van der Waals surface area contributed by atoms with Crippen LogP contribution < -0.4 is 5.32 Å². The molecular weight excluding hydrogens is 214 g/mol. The summed E-state index contributed by atoms with van der Waals surface area (Å²) in [4.78, 5) is 19.3. The zero-order chi connectivity index (χ0) is 10.8. The van der Waals surface area contributed by atoms with Crippen molar-refractivity contribution >= 4 is 17.5 Å². The summed E-state index contributed by atoms with van der Waals surface area (Å²) in [5.74, 6) is 1.15. The molecule has 0 radical (unpaired) electrons. The number of nitrogens with zero attached hydrogens (tertiary/aromatic N) is 2. The highest BCUT2D eigenvalue weighted by atomic mass is 35.5. The molecule has 0 spiro atoms. The minimum atomic E-state index is -0.205. The van der Waals surface area contributed by atoms with Gasteiger partial charge in [-0.1, -0.05) is 18.5 Å². The van der Waals surface area contributed by atoms with Crippen molar-refractivity contribution in [2.24, 2.45) is 11.8 Å². The molecule has 1 aliphatic carbocycles. The molecule has 0 aromatic carbocycles. The fourth-order valence-electron chi connectivity index (χ4n) is 1.45. The van der Waals surface area contributed by atoms with Crippen LogP contribution in [0.1, 0.15) is 23.8 Å². The molecule has 1 amide bonds. The standard InChI is InChI=1S/C10H12ClN3O/c1-6-2-7(6)3-13-10(15)8-4-12-5-9(11)14-8/h4-7H,2-3H2,1H3,(H,13,15). The predicted octanol–water partition coefficient (Wildman–Crippen LogP) is 1.52. The van der Waals surface area contributed by atoms with Crippen LogP contribution in [0.5, 0.6) is 0 Å². The van der Waals surface area contributed by atoms with Gasteiger partial charge in [0.25, 0.3) is 5.91 Å². The lowest BCUT2D eigenvalue weighted by atomic mass is 10.3. The molecule has 0 aliphatic heterocycles. The van der Waals surface area contributed by atoms with Gasteiger partial charge in [-0.15, -0.1) is 0 Å². The molecule has 5 heteroatoms. The van der Waals surface area contributed by atoms with E-state index in [2.05, 4.69) is 22.2 Å². The summed E-state index contributed by atoms with van der Waals surface area (Å²) in [5.41, 5.74) is 0.274. The van der Waals surface area contributed by atoms with E-state index in [0.717, 1.165) is 5.92 Å². The molecule has 2 rings (SSSR count). The number of hydrogen-bond donors (Lipinski definition) is 1. The molecule has 1 saturated carbocycles. The summed E-state index contributed by atoms with van der Waals surface area (Å²) in [6.07, 6.45) is 4.01. The maximum Gasteiger partial charge on any atom is 0.271 e. The van der Waals surface area contributed by atoms with E-state index in [4.69, 9.17) is 11.6 Å². The predicted molar refractivity (Wildman–Crippen MR) is 56.6 cm³/mol. The lowest BCUT2D eigenvalue weighted by Crippen LogP contribution is -2.26. The number of aromatic nitrogens is 2. The van der Waals surface area contributed by atoms with Crippen molar-refractivity contribution in [1.29, 1.82) is 0 Å². The average molecular weight is 226 g/mol. The fraction of sp³-hybridized carbons (Fsp3) is 0.500. The molecule has 1 fully saturated rings. The van der Waals surface area contributed by atoms with Crippen molar-refractivity contribution in [1.82, 2.24) is 15.3 Å². The normalized spacial score (nSPS) is 23.6. The number of carbonyl (C=O) groups is 1.